The third-order valence-electron chi connectivity index (χ3n) is 4.29. The molecule has 0 heterocycles. The van der Waals surface area contributed by atoms with Crippen molar-refractivity contribution in [1.29, 1.82) is 0 Å². The summed E-state index contributed by atoms with van der Waals surface area (Å²) >= 11 is 0. The first kappa shape index (κ1) is 14.0. The fraction of sp³-hybridized carbons (Fsp3) is 1.00. The molecular formula is C15H31N. The van der Waals surface area contributed by atoms with Gasteiger partial charge in [0.2, 0.25) is 0 Å². The van der Waals surface area contributed by atoms with Crippen LogP contribution in [0.5, 0.6) is 0 Å². The summed E-state index contributed by atoms with van der Waals surface area (Å²) in [5.74, 6) is 0. The van der Waals surface area contributed by atoms with Crippen LogP contribution in [0.3, 0.4) is 0 Å². The van der Waals surface area contributed by atoms with Crippen LogP contribution < -0.4 is 5.32 Å². The highest BCUT2D eigenvalue weighted by molar-refractivity contribution is 5.00. The number of hydrogen-bond donors (Lipinski definition) is 1. The van der Waals surface area contributed by atoms with Crippen LogP contribution in [0.1, 0.15) is 78.6 Å². The Kier molecular flexibility index (Phi) is 6.41. The second-order valence-corrected chi connectivity index (χ2v) is 5.70. The monoisotopic (exact) mass is 225 g/mol. The normalized spacial score (nSPS) is 19.7. The van der Waals surface area contributed by atoms with E-state index in [4.69, 9.17) is 0 Å². The fourth-order valence-electron chi connectivity index (χ4n) is 2.72. The summed E-state index contributed by atoms with van der Waals surface area (Å²) in [6, 6.07) is 0.749. The zero-order valence-corrected chi connectivity index (χ0v) is 11.6. The van der Waals surface area contributed by atoms with Crippen molar-refractivity contribution < 1.29 is 0 Å². The van der Waals surface area contributed by atoms with Crippen molar-refractivity contribution in [3.05, 3.63) is 0 Å². The first-order valence-electron chi connectivity index (χ1n) is 7.48. The van der Waals surface area contributed by atoms with Crippen LogP contribution in [0.15, 0.2) is 0 Å². The minimum absolute atomic E-state index is 0.696. The van der Waals surface area contributed by atoms with Gasteiger partial charge in [-0.2, -0.15) is 0 Å². The summed E-state index contributed by atoms with van der Waals surface area (Å²) in [6.07, 6.45) is 12.8. The lowest BCUT2D eigenvalue weighted by atomic mass is 9.90. The van der Waals surface area contributed by atoms with Crippen LogP contribution in [0.2, 0.25) is 0 Å². The standard InChI is InChI=1S/C15H31N/c1-4-6-7-8-9-10-15(11-12-15)14(3)16-13-5-2/h14,16H,4-13H2,1-3H3. The molecule has 0 amide bonds. The van der Waals surface area contributed by atoms with Crippen molar-refractivity contribution in [2.75, 3.05) is 6.54 Å². The molecule has 0 radical (unpaired) electrons. The molecule has 1 rings (SSSR count). The van der Waals surface area contributed by atoms with Crippen molar-refractivity contribution in [3.63, 3.8) is 0 Å². The maximum absolute atomic E-state index is 3.69. The fourth-order valence-corrected chi connectivity index (χ4v) is 2.72. The average molecular weight is 225 g/mol. The largest absolute Gasteiger partial charge is 0.314 e. The van der Waals surface area contributed by atoms with Crippen LogP contribution in [0, 0.1) is 5.41 Å². The van der Waals surface area contributed by atoms with Crippen molar-refractivity contribution in [1.82, 2.24) is 5.32 Å². The van der Waals surface area contributed by atoms with E-state index in [0.29, 0.717) is 5.41 Å². The molecule has 1 nitrogen and oxygen atoms in total. The molecule has 0 aromatic rings. The van der Waals surface area contributed by atoms with Gasteiger partial charge in [-0.3, -0.25) is 0 Å². The Hall–Kier alpha value is -0.0400. The van der Waals surface area contributed by atoms with Gasteiger partial charge in [0.15, 0.2) is 0 Å². The van der Waals surface area contributed by atoms with Gasteiger partial charge in [0.1, 0.15) is 0 Å². The minimum Gasteiger partial charge on any atom is -0.314 e. The lowest BCUT2D eigenvalue weighted by Crippen LogP contribution is -2.35. The quantitative estimate of drug-likeness (QED) is 0.539. The van der Waals surface area contributed by atoms with Crippen LogP contribution in [0.4, 0.5) is 0 Å². The number of rotatable bonds is 10. The van der Waals surface area contributed by atoms with E-state index in [1.54, 1.807) is 0 Å². The van der Waals surface area contributed by atoms with Crippen LogP contribution >= 0.6 is 0 Å². The predicted molar refractivity (Wildman–Crippen MR) is 72.8 cm³/mol. The van der Waals surface area contributed by atoms with E-state index < -0.39 is 0 Å². The van der Waals surface area contributed by atoms with E-state index in [1.807, 2.05) is 0 Å². The highest BCUT2D eigenvalue weighted by Gasteiger charge is 2.45. The molecule has 1 heteroatoms. The Morgan fingerprint density at radius 1 is 1.00 bits per heavy atom. The molecule has 1 fully saturated rings. The molecule has 1 unspecified atom stereocenters. The van der Waals surface area contributed by atoms with Gasteiger partial charge in [-0.25, -0.2) is 0 Å². The van der Waals surface area contributed by atoms with Crippen LogP contribution in [0.25, 0.3) is 0 Å². The summed E-state index contributed by atoms with van der Waals surface area (Å²) in [5, 5.41) is 3.69. The summed E-state index contributed by atoms with van der Waals surface area (Å²) in [5.41, 5.74) is 0.696. The highest BCUT2D eigenvalue weighted by atomic mass is 14.9. The first-order chi connectivity index (χ1) is 7.75. The van der Waals surface area contributed by atoms with Gasteiger partial charge < -0.3 is 5.32 Å². The van der Waals surface area contributed by atoms with Gasteiger partial charge in [-0.15, -0.1) is 0 Å². The SMILES string of the molecule is CCCCCCCC1(C(C)NCCC)CC1. The Morgan fingerprint density at radius 2 is 1.69 bits per heavy atom. The highest BCUT2D eigenvalue weighted by Crippen LogP contribution is 2.52. The Bertz CT molecular complexity index is 172. The Labute approximate surface area is 102 Å². The van der Waals surface area contributed by atoms with Crippen molar-refractivity contribution >= 4 is 0 Å². The number of hydrogen-bond acceptors (Lipinski definition) is 1. The average Bonchev–Trinajstić information content (AvgIpc) is 3.07. The van der Waals surface area contributed by atoms with E-state index in [0.717, 1.165) is 6.04 Å². The number of unbranched alkanes of at least 4 members (excludes halogenated alkanes) is 4. The van der Waals surface area contributed by atoms with Crippen molar-refractivity contribution in [2.45, 2.75) is 84.6 Å². The molecular weight excluding hydrogens is 194 g/mol. The molecule has 1 N–H and O–H groups in total. The summed E-state index contributed by atoms with van der Waals surface area (Å²) < 4.78 is 0. The van der Waals surface area contributed by atoms with E-state index in [9.17, 15) is 0 Å². The zero-order valence-electron chi connectivity index (χ0n) is 11.6. The summed E-state index contributed by atoms with van der Waals surface area (Å²) in [4.78, 5) is 0. The van der Waals surface area contributed by atoms with Crippen molar-refractivity contribution in [2.24, 2.45) is 5.41 Å². The number of nitrogens with one attached hydrogen (secondary N) is 1. The molecule has 0 aromatic heterocycles. The molecule has 1 atom stereocenters. The maximum atomic E-state index is 3.69. The van der Waals surface area contributed by atoms with Crippen molar-refractivity contribution in [3.8, 4) is 0 Å². The lowest BCUT2D eigenvalue weighted by molar-refractivity contribution is 0.319. The molecule has 0 aliphatic heterocycles. The summed E-state index contributed by atoms with van der Waals surface area (Å²) in [7, 11) is 0. The smallest absolute Gasteiger partial charge is 0.00951 e. The maximum Gasteiger partial charge on any atom is 0.00951 e. The third-order valence-corrected chi connectivity index (χ3v) is 4.29. The molecule has 0 bridgehead atoms. The second-order valence-electron chi connectivity index (χ2n) is 5.70. The Morgan fingerprint density at radius 3 is 2.25 bits per heavy atom. The lowest BCUT2D eigenvalue weighted by Gasteiger charge is -2.24. The zero-order chi connectivity index (χ0) is 11.9. The topological polar surface area (TPSA) is 12.0 Å². The molecule has 1 saturated carbocycles. The summed E-state index contributed by atoms with van der Waals surface area (Å²) in [6.45, 7) is 8.14. The van der Waals surface area contributed by atoms with E-state index in [1.165, 1.54) is 64.3 Å². The van der Waals surface area contributed by atoms with Crippen LogP contribution in [-0.2, 0) is 0 Å². The molecule has 1 aliphatic carbocycles. The Balaban J connectivity index is 2.09. The van der Waals surface area contributed by atoms with E-state index in [2.05, 4.69) is 26.1 Å². The van der Waals surface area contributed by atoms with Gasteiger partial charge in [0.05, 0.1) is 0 Å². The van der Waals surface area contributed by atoms with Gasteiger partial charge in [-0.05, 0) is 44.6 Å². The van der Waals surface area contributed by atoms with E-state index >= 15 is 0 Å². The van der Waals surface area contributed by atoms with Gasteiger partial charge in [-0.1, -0.05) is 46.0 Å². The first-order valence-corrected chi connectivity index (χ1v) is 7.48. The molecule has 1 aliphatic rings. The van der Waals surface area contributed by atoms with Gasteiger partial charge in [0.25, 0.3) is 0 Å². The molecule has 0 aromatic carbocycles. The molecule has 0 saturated heterocycles. The minimum atomic E-state index is 0.696. The van der Waals surface area contributed by atoms with E-state index in [-0.39, 0.29) is 0 Å². The molecule has 16 heavy (non-hydrogen) atoms. The second kappa shape index (κ2) is 7.32. The molecule has 96 valence electrons. The van der Waals surface area contributed by atoms with Gasteiger partial charge >= 0.3 is 0 Å². The molecule has 0 spiro atoms. The van der Waals surface area contributed by atoms with Gasteiger partial charge in [0, 0.05) is 6.04 Å². The predicted octanol–water partition coefficient (Wildman–Crippen LogP) is 4.52. The van der Waals surface area contributed by atoms with Crippen LogP contribution in [-0.4, -0.2) is 12.6 Å². The third kappa shape index (κ3) is 4.45.